The molecule has 0 spiro atoms. The van der Waals surface area contributed by atoms with Gasteiger partial charge in [-0.15, -0.1) is 0 Å². The van der Waals surface area contributed by atoms with Crippen molar-refractivity contribution in [1.29, 1.82) is 0 Å². The quantitative estimate of drug-likeness (QED) is 0.235. The molecule has 0 amide bonds. The topological polar surface area (TPSA) is 139 Å². The molecule has 0 rings (SSSR count). The molecule has 2 N–H and O–H groups in total. The van der Waals surface area contributed by atoms with Gasteiger partial charge in [0.25, 0.3) is 15.6 Å². The van der Waals surface area contributed by atoms with Gasteiger partial charge < -0.3 is 19.6 Å². The number of phosphoric acid groups is 2. The van der Waals surface area contributed by atoms with E-state index in [0.29, 0.717) is 0 Å². The van der Waals surface area contributed by atoms with Gasteiger partial charge in [-0.3, -0.25) is 9.13 Å². The second kappa shape index (κ2) is 5.26. The van der Waals surface area contributed by atoms with Crippen molar-refractivity contribution < 1.29 is 38.1 Å². The van der Waals surface area contributed by atoms with Crippen LogP contribution in [0.5, 0.6) is 0 Å². The van der Waals surface area contributed by atoms with E-state index in [2.05, 4.69) is 9.35 Å². The molecule has 0 saturated carbocycles. The molecule has 8 nitrogen and oxygen atoms in total. The molecule has 0 heterocycles. The first-order valence-corrected chi connectivity index (χ1v) is 4.65. The van der Waals surface area contributed by atoms with Crippen molar-refractivity contribution in [2.24, 2.45) is 0 Å². The molecule has 2 unspecified atom stereocenters. The second-order valence-electron chi connectivity index (χ2n) is 1.09. The van der Waals surface area contributed by atoms with Crippen LogP contribution in [-0.2, 0) is 18.5 Å². The molecule has 2 atom stereocenters. The summed E-state index contributed by atoms with van der Waals surface area (Å²) in [5.74, 6) is 0. The maximum Gasteiger partial charge on any atom is 2.00 e. The standard InChI is InChI=1S/Ca.H4O8P2/c;1-9(2,3)7-8-10(4,5)6/h;(H2,1,2,3)(H2,4,5,6)/q+2;/p-2. The maximum absolute atomic E-state index is 9.54. The maximum atomic E-state index is 9.54. The van der Waals surface area contributed by atoms with Crippen molar-refractivity contribution in [2.45, 2.75) is 0 Å². The van der Waals surface area contributed by atoms with Crippen molar-refractivity contribution in [3.63, 3.8) is 0 Å². The van der Waals surface area contributed by atoms with Crippen LogP contribution in [0, 0.1) is 0 Å². The van der Waals surface area contributed by atoms with E-state index in [-0.39, 0.29) is 37.7 Å². The van der Waals surface area contributed by atoms with Gasteiger partial charge in [0.15, 0.2) is 0 Å². The fourth-order valence-corrected chi connectivity index (χ4v) is 0.758. The zero-order valence-electron chi connectivity index (χ0n) is 4.95. The van der Waals surface area contributed by atoms with E-state index in [1.807, 2.05) is 0 Å². The van der Waals surface area contributed by atoms with E-state index in [0.717, 1.165) is 0 Å². The summed E-state index contributed by atoms with van der Waals surface area (Å²) < 4.78 is 24.7. The molecule has 11 heavy (non-hydrogen) atoms. The van der Waals surface area contributed by atoms with E-state index in [4.69, 9.17) is 9.79 Å². The molecule has 0 fully saturated rings. The predicted molar refractivity (Wildman–Crippen MR) is 27.6 cm³/mol. The Morgan fingerprint density at radius 1 is 1.00 bits per heavy atom. The summed E-state index contributed by atoms with van der Waals surface area (Å²) in [6.07, 6.45) is 0. The van der Waals surface area contributed by atoms with Gasteiger partial charge in [-0.25, -0.2) is 0 Å². The number of hydrogen-bond acceptors (Lipinski definition) is 6. The van der Waals surface area contributed by atoms with Gasteiger partial charge in [0.05, 0.1) is 0 Å². The molecular weight excluding hydrogens is 230 g/mol. The molecule has 0 aliphatic carbocycles. The zero-order chi connectivity index (χ0) is 8.41. The van der Waals surface area contributed by atoms with Gasteiger partial charge in [0, 0.05) is 0 Å². The van der Waals surface area contributed by atoms with Gasteiger partial charge in [-0.05, 0) is 0 Å². The van der Waals surface area contributed by atoms with Crippen molar-refractivity contribution in [3.05, 3.63) is 0 Å². The van der Waals surface area contributed by atoms with Crippen molar-refractivity contribution >= 4 is 53.4 Å². The van der Waals surface area contributed by atoms with Crippen molar-refractivity contribution in [2.75, 3.05) is 0 Å². The van der Waals surface area contributed by atoms with Crippen LogP contribution in [0.1, 0.15) is 0 Å². The molecule has 0 aliphatic heterocycles. The van der Waals surface area contributed by atoms with Gasteiger partial charge in [0.2, 0.25) is 0 Å². The molecule has 0 bridgehead atoms. The van der Waals surface area contributed by atoms with Gasteiger partial charge in [-0.2, -0.15) is 9.35 Å². The molecule has 0 aromatic carbocycles. The molecular formula is H2CaO8P2. The Morgan fingerprint density at radius 2 is 1.18 bits per heavy atom. The monoisotopic (exact) mass is 232 g/mol. The van der Waals surface area contributed by atoms with E-state index in [1.54, 1.807) is 0 Å². The Labute approximate surface area is 90.9 Å². The van der Waals surface area contributed by atoms with Crippen LogP contribution >= 0.6 is 15.6 Å². The van der Waals surface area contributed by atoms with Gasteiger partial charge in [0.1, 0.15) is 0 Å². The van der Waals surface area contributed by atoms with Crippen molar-refractivity contribution in [1.82, 2.24) is 0 Å². The van der Waals surface area contributed by atoms with Crippen molar-refractivity contribution in [3.8, 4) is 0 Å². The molecule has 11 heteroatoms. The van der Waals surface area contributed by atoms with Crippen LogP contribution < -0.4 is 9.79 Å². The third-order valence-corrected chi connectivity index (χ3v) is 0.865. The summed E-state index contributed by atoms with van der Waals surface area (Å²) >= 11 is 0. The zero-order valence-corrected chi connectivity index (χ0v) is 8.94. The minimum Gasteiger partial charge on any atom is -0.755 e. The molecule has 0 aliphatic rings. The minimum absolute atomic E-state index is 0. The Kier molecular flexibility index (Phi) is 7.16. The summed E-state index contributed by atoms with van der Waals surface area (Å²) in [6, 6.07) is 0. The molecule has 0 saturated heterocycles. The van der Waals surface area contributed by atoms with E-state index in [9.17, 15) is 18.9 Å². The number of hydrogen-bond donors (Lipinski definition) is 2. The molecule has 0 radical (unpaired) electrons. The van der Waals surface area contributed by atoms with Crippen LogP contribution in [0.15, 0.2) is 0 Å². The van der Waals surface area contributed by atoms with Crippen LogP contribution in [0.3, 0.4) is 0 Å². The van der Waals surface area contributed by atoms with E-state index in [1.165, 1.54) is 0 Å². The van der Waals surface area contributed by atoms with Crippen LogP contribution in [0.4, 0.5) is 0 Å². The first-order chi connectivity index (χ1) is 4.21. The SMILES string of the molecule is O=P([O-])(O)OOP(=O)([O-])O.[Ca+2]. The molecule has 0 aromatic heterocycles. The summed E-state index contributed by atoms with van der Waals surface area (Å²) in [7, 11) is -10.5. The first kappa shape index (κ1) is 15.0. The second-order valence-corrected chi connectivity index (χ2v) is 3.26. The average molecular weight is 232 g/mol. The average Bonchev–Trinajstić information content (AvgIpc) is 1.57. The Hall–Kier alpha value is 1.48. The molecule has 0 aromatic rings. The van der Waals surface area contributed by atoms with E-state index >= 15 is 0 Å². The van der Waals surface area contributed by atoms with Gasteiger partial charge >= 0.3 is 37.7 Å². The fraction of sp³-hybridized carbons (Fsp3) is 0. The largest absolute Gasteiger partial charge is 2.00 e. The van der Waals surface area contributed by atoms with E-state index < -0.39 is 15.6 Å². The normalized spacial score (nSPS) is 21.1. The summed E-state index contributed by atoms with van der Waals surface area (Å²) in [4.78, 5) is 34.4. The third-order valence-electron chi connectivity index (χ3n) is 0.222. The predicted octanol–water partition coefficient (Wildman–Crippen LogP) is -2.52. The Morgan fingerprint density at radius 3 is 1.27 bits per heavy atom. The molecule has 62 valence electrons. The summed E-state index contributed by atoms with van der Waals surface area (Å²) in [6.45, 7) is 0. The Bertz CT molecular complexity index is 162. The summed E-state index contributed by atoms with van der Waals surface area (Å²) in [5, 5.41) is 0. The number of rotatable bonds is 3. The van der Waals surface area contributed by atoms with Crippen LogP contribution in [-0.4, -0.2) is 47.5 Å². The van der Waals surface area contributed by atoms with Crippen LogP contribution in [0.25, 0.3) is 0 Å². The third kappa shape index (κ3) is 14.3. The minimum atomic E-state index is -5.27. The van der Waals surface area contributed by atoms with Gasteiger partial charge in [-0.1, -0.05) is 0 Å². The fourth-order valence-electron chi connectivity index (χ4n) is 0.0842. The first-order valence-electron chi connectivity index (χ1n) is 1.66. The summed E-state index contributed by atoms with van der Waals surface area (Å²) in [5.41, 5.74) is 0. The smallest absolute Gasteiger partial charge is 0.755 e. The Balaban J connectivity index is 0. The van der Waals surface area contributed by atoms with Crippen LogP contribution in [0.2, 0.25) is 0 Å².